The molecule has 1 aliphatic rings. The summed E-state index contributed by atoms with van der Waals surface area (Å²) in [5.74, 6) is 1.85. The maximum Gasteiger partial charge on any atom is 0.105 e. The summed E-state index contributed by atoms with van der Waals surface area (Å²) in [6.45, 7) is 6.43. The van der Waals surface area contributed by atoms with E-state index < -0.39 is 0 Å². The zero-order chi connectivity index (χ0) is 13.9. The van der Waals surface area contributed by atoms with Gasteiger partial charge in [-0.1, -0.05) is 0 Å². The molecule has 0 atom stereocenters. The highest BCUT2D eigenvalue weighted by molar-refractivity contribution is 5.02. The van der Waals surface area contributed by atoms with Crippen LogP contribution in [0.3, 0.4) is 0 Å². The average molecular weight is 273 g/mol. The third-order valence-corrected chi connectivity index (χ3v) is 4.26. The van der Waals surface area contributed by atoms with Gasteiger partial charge in [0.05, 0.1) is 5.69 Å². The van der Waals surface area contributed by atoms with E-state index in [1.807, 2.05) is 12.3 Å². The number of aromatic nitrogens is 4. The van der Waals surface area contributed by atoms with Gasteiger partial charge in [-0.25, -0.2) is 4.98 Å². The lowest BCUT2D eigenvalue weighted by Gasteiger charge is -2.31. The van der Waals surface area contributed by atoms with E-state index in [9.17, 15) is 0 Å². The van der Waals surface area contributed by atoms with Crippen molar-refractivity contribution in [1.29, 1.82) is 0 Å². The van der Waals surface area contributed by atoms with Gasteiger partial charge in [0.25, 0.3) is 0 Å². The van der Waals surface area contributed by atoms with Crippen LogP contribution in [0.4, 0.5) is 0 Å². The second-order valence-electron chi connectivity index (χ2n) is 5.84. The highest BCUT2D eigenvalue weighted by Crippen LogP contribution is 2.20. The highest BCUT2D eigenvalue weighted by atomic mass is 15.3. The molecule has 0 radical (unpaired) electrons. The Bertz CT molecular complexity index is 515. The summed E-state index contributed by atoms with van der Waals surface area (Å²) in [4.78, 5) is 7.11. The van der Waals surface area contributed by atoms with Crippen LogP contribution < -0.4 is 0 Å². The van der Waals surface area contributed by atoms with E-state index in [0.717, 1.165) is 24.8 Å². The summed E-state index contributed by atoms with van der Waals surface area (Å²) < 4.78 is 4.15. The molecule has 0 saturated carbocycles. The summed E-state index contributed by atoms with van der Waals surface area (Å²) in [5, 5.41) is 4.30. The third-order valence-electron chi connectivity index (χ3n) is 4.26. The summed E-state index contributed by atoms with van der Waals surface area (Å²) in [6, 6.07) is 2.00. The van der Waals surface area contributed by atoms with Crippen LogP contribution in [0.25, 0.3) is 0 Å². The van der Waals surface area contributed by atoms with Crippen LogP contribution in [0.15, 0.2) is 24.7 Å². The number of hydrogen-bond donors (Lipinski definition) is 0. The fourth-order valence-corrected chi connectivity index (χ4v) is 2.94. The second-order valence-corrected chi connectivity index (χ2v) is 5.84. The molecule has 0 aliphatic carbocycles. The normalized spacial score (nSPS) is 17.7. The van der Waals surface area contributed by atoms with E-state index in [4.69, 9.17) is 0 Å². The highest BCUT2D eigenvalue weighted by Gasteiger charge is 2.20. The molecule has 2 aromatic rings. The molecular formula is C15H23N5. The van der Waals surface area contributed by atoms with Crippen LogP contribution in [0.5, 0.6) is 0 Å². The molecule has 1 aliphatic heterocycles. The van der Waals surface area contributed by atoms with E-state index in [1.165, 1.54) is 31.6 Å². The summed E-state index contributed by atoms with van der Waals surface area (Å²) in [5.41, 5.74) is 1.19. The van der Waals surface area contributed by atoms with Gasteiger partial charge in [-0.15, -0.1) is 0 Å². The molecule has 0 N–H and O–H groups in total. The number of rotatable bonds is 4. The van der Waals surface area contributed by atoms with E-state index >= 15 is 0 Å². The molecule has 0 spiro atoms. The number of piperidine rings is 1. The van der Waals surface area contributed by atoms with Gasteiger partial charge in [0, 0.05) is 38.7 Å². The molecule has 0 unspecified atom stereocenters. The van der Waals surface area contributed by atoms with Gasteiger partial charge in [-0.05, 0) is 44.8 Å². The fraction of sp³-hybridized carbons (Fsp3) is 0.600. The van der Waals surface area contributed by atoms with Gasteiger partial charge in [0.2, 0.25) is 0 Å². The molecule has 3 rings (SSSR count). The maximum absolute atomic E-state index is 4.59. The van der Waals surface area contributed by atoms with Crippen LogP contribution in [0, 0.1) is 12.8 Å². The SMILES string of the molecule is Cc1nc(CN2CCC(Cn3cccn3)CC2)cn1C. The van der Waals surface area contributed by atoms with Crippen LogP contribution >= 0.6 is 0 Å². The predicted octanol–water partition coefficient (Wildman–Crippen LogP) is 1.84. The first kappa shape index (κ1) is 13.4. The zero-order valence-electron chi connectivity index (χ0n) is 12.4. The number of likely N-dealkylation sites (tertiary alicyclic amines) is 1. The first-order valence-electron chi connectivity index (χ1n) is 7.39. The molecule has 108 valence electrons. The van der Waals surface area contributed by atoms with E-state index in [0.29, 0.717) is 0 Å². The van der Waals surface area contributed by atoms with Crippen molar-refractivity contribution in [2.75, 3.05) is 13.1 Å². The molecule has 1 saturated heterocycles. The molecule has 0 aromatic carbocycles. The van der Waals surface area contributed by atoms with Gasteiger partial charge < -0.3 is 4.57 Å². The minimum absolute atomic E-state index is 0.761. The molecule has 1 fully saturated rings. The Morgan fingerprint density at radius 1 is 1.30 bits per heavy atom. The Labute approximate surface area is 120 Å². The largest absolute Gasteiger partial charge is 0.338 e. The molecule has 3 heterocycles. The summed E-state index contributed by atoms with van der Waals surface area (Å²) in [6.07, 6.45) is 8.57. The topological polar surface area (TPSA) is 38.9 Å². The van der Waals surface area contributed by atoms with Gasteiger partial charge in [-0.3, -0.25) is 9.58 Å². The smallest absolute Gasteiger partial charge is 0.105 e. The molecule has 0 amide bonds. The average Bonchev–Trinajstić information content (AvgIpc) is 3.03. The first-order valence-corrected chi connectivity index (χ1v) is 7.39. The van der Waals surface area contributed by atoms with Crippen LogP contribution in [-0.4, -0.2) is 37.3 Å². The van der Waals surface area contributed by atoms with Crippen molar-refractivity contribution in [3.63, 3.8) is 0 Å². The van der Waals surface area contributed by atoms with Gasteiger partial charge >= 0.3 is 0 Å². The van der Waals surface area contributed by atoms with E-state index in [-0.39, 0.29) is 0 Å². The lowest BCUT2D eigenvalue weighted by Crippen LogP contribution is -2.34. The van der Waals surface area contributed by atoms with E-state index in [1.54, 1.807) is 0 Å². The lowest BCUT2D eigenvalue weighted by molar-refractivity contribution is 0.163. The minimum atomic E-state index is 0.761. The Morgan fingerprint density at radius 3 is 2.70 bits per heavy atom. The Morgan fingerprint density at radius 2 is 2.10 bits per heavy atom. The van der Waals surface area contributed by atoms with Crippen molar-refractivity contribution in [2.24, 2.45) is 13.0 Å². The number of imidazole rings is 1. The van der Waals surface area contributed by atoms with Crippen molar-refractivity contribution in [3.8, 4) is 0 Å². The van der Waals surface area contributed by atoms with Crippen LogP contribution in [-0.2, 0) is 20.1 Å². The van der Waals surface area contributed by atoms with Crippen LogP contribution in [0.2, 0.25) is 0 Å². The predicted molar refractivity (Wildman–Crippen MR) is 78.2 cm³/mol. The molecule has 20 heavy (non-hydrogen) atoms. The van der Waals surface area contributed by atoms with Crippen molar-refractivity contribution in [2.45, 2.75) is 32.9 Å². The molecule has 0 bridgehead atoms. The van der Waals surface area contributed by atoms with Crippen molar-refractivity contribution >= 4 is 0 Å². The van der Waals surface area contributed by atoms with Crippen molar-refractivity contribution in [3.05, 3.63) is 36.2 Å². The van der Waals surface area contributed by atoms with Crippen molar-refractivity contribution in [1.82, 2.24) is 24.2 Å². The second kappa shape index (κ2) is 5.79. The number of aryl methyl sites for hydroxylation is 2. The quantitative estimate of drug-likeness (QED) is 0.853. The standard InChI is InChI=1S/C15H23N5/c1-13-17-15(11-18(13)2)12-19-8-4-14(5-9-19)10-20-7-3-6-16-20/h3,6-7,11,14H,4-5,8-10,12H2,1-2H3. The molecule has 5 heteroatoms. The number of hydrogen-bond acceptors (Lipinski definition) is 3. The van der Waals surface area contributed by atoms with E-state index in [2.05, 4.69) is 50.6 Å². The Kier molecular flexibility index (Phi) is 3.87. The van der Waals surface area contributed by atoms with Gasteiger partial charge in [0.15, 0.2) is 0 Å². The third kappa shape index (κ3) is 3.10. The van der Waals surface area contributed by atoms with Crippen LogP contribution in [0.1, 0.15) is 24.4 Å². The Balaban J connectivity index is 1.48. The summed E-state index contributed by atoms with van der Waals surface area (Å²) >= 11 is 0. The molecule has 2 aromatic heterocycles. The molecule has 5 nitrogen and oxygen atoms in total. The van der Waals surface area contributed by atoms with Gasteiger partial charge in [-0.2, -0.15) is 5.10 Å². The Hall–Kier alpha value is -1.62. The lowest BCUT2D eigenvalue weighted by atomic mass is 9.97. The maximum atomic E-state index is 4.59. The number of nitrogens with zero attached hydrogens (tertiary/aromatic N) is 5. The molecular weight excluding hydrogens is 250 g/mol. The fourth-order valence-electron chi connectivity index (χ4n) is 2.94. The monoisotopic (exact) mass is 273 g/mol. The van der Waals surface area contributed by atoms with Gasteiger partial charge in [0.1, 0.15) is 5.82 Å². The minimum Gasteiger partial charge on any atom is -0.338 e. The van der Waals surface area contributed by atoms with Crippen molar-refractivity contribution < 1.29 is 0 Å². The zero-order valence-corrected chi connectivity index (χ0v) is 12.4. The first-order chi connectivity index (χ1) is 9.70. The summed E-state index contributed by atoms with van der Waals surface area (Å²) in [7, 11) is 2.06.